The van der Waals surface area contributed by atoms with Gasteiger partial charge in [-0.1, -0.05) is 0 Å². The van der Waals surface area contributed by atoms with Crippen LogP contribution in [0.1, 0.15) is 17.0 Å². The lowest BCUT2D eigenvalue weighted by Crippen LogP contribution is -2.39. The van der Waals surface area contributed by atoms with Gasteiger partial charge in [0, 0.05) is 20.3 Å². The first-order chi connectivity index (χ1) is 8.13. The molecular weight excluding hydrogens is 308 g/mol. The van der Waals surface area contributed by atoms with E-state index in [1.807, 2.05) is 0 Å². The van der Waals surface area contributed by atoms with Gasteiger partial charge in [0.2, 0.25) is 0 Å². The van der Waals surface area contributed by atoms with Gasteiger partial charge in [-0.05, 0) is 46.7 Å². The van der Waals surface area contributed by atoms with Crippen LogP contribution in [-0.2, 0) is 4.74 Å². The number of nitrogens with one attached hydrogen (secondary N) is 2. The monoisotopic (exact) mass is 320 g/mol. The molecule has 2 N–H and O–H groups in total. The third-order valence-electron chi connectivity index (χ3n) is 1.83. The molecule has 0 radical (unpaired) electrons. The van der Waals surface area contributed by atoms with Gasteiger partial charge in [0.15, 0.2) is 15.5 Å². The summed E-state index contributed by atoms with van der Waals surface area (Å²) in [5, 5.41) is 5.68. The third kappa shape index (κ3) is 5.29. The number of methoxy groups -OCH3 is 1. The minimum Gasteiger partial charge on any atom is -0.444 e. The minimum atomic E-state index is -0.375. The average molecular weight is 321 g/mol. The van der Waals surface area contributed by atoms with Crippen molar-refractivity contribution in [1.82, 2.24) is 10.6 Å². The van der Waals surface area contributed by atoms with Crippen molar-refractivity contribution in [3.8, 4) is 0 Å². The van der Waals surface area contributed by atoms with Crippen molar-refractivity contribution in [3.05, 3.63) is 22.6 Å². The first-order valence-corrected chi connectivity index (χ1v) is 6.17. The Hall–Kier alpha value is -0.920. The topological polar surface area (TPSA) is 63.5 Å². The molecule has 7 heteroatoms. The number of hydrogen-bond donors (Lipinski definition) is 2. The number of ether oxygens (including phenoxy) is 1. The van der Waals surface area contributed by atoms with E-state index in [1.165, 1.54) is 0 Å². The largest absolute Gasteiger partial charge is 0.444 e. The Balaban J connectivity index is 2.29. The highest BCUT2D eigenvalue weighted by Crippen LogP contribution is 2.13. The van der Waals surface area contributed by atoms with Crippen LogP contribution in [0.3, 0.4) is 0 Å². The molecule has 0 aliphatic rings. The molecule has 0 bridgehead atoms. The van der Waals surface area contributed by atoms with Gasteiger partial charge in [-0.15, -0.1) is 0 Å². The molecule has 0 atom stereocenters. The summed E-state index contributed by atoms with van der Waals surface area (Å²) in [5.41, 5.74) is 0. The van der Waals surface area contributed by atoms with E-state index in [4.69, 9.17) is 21.4 Å². The molecule has 0 unspecified atom stereocenters. The fourth-order valence-electron chi connectivity index (χ4n) is 1.06. The number of carbonyl (C=O) groups excluding carboxylic acids is 1. The molecule has 0 fully saturated rings. The summed E-state index contributed by atoms with van der Waals surface area (Å²) in [6, 6.07) is 3.21. The van der Waals surface area contributed by atoms with Gasteiger partial charge in [-0.3, -0.25) is 10.1 Å². The Bertz CT molecular complexity index is 395. The lowest BCUT2D eigenvalue weighted by molar-refractivity contribution is 0.0948. The SMILES string of the molecule is COCCCNC(=S)NC(=O)c1ccc(Br)o1. The zero-order valence-corrected chi connectivity index (χ0v) is 11.7. The van der Waals surface area contributed by atoms with Gasteiger partial charge in [-0.25, -0.2) is 0 Å². The Morgan fingerprint density at radius 2 is 2.35 bits per heavy atom. The fourth-order valence-corrected chi connectivity index (χ4v) is 1.56. The summed E-state index contributed by atoms with van der Waals surface area (Å²) >= 11 is 8.07. The zero-order valence-electron chi connectivity index (χ0n) is 9.29. The van der Waals surface area contributed by atoms with Gasteiger partial charge in [0.1, 0.15) is 0 Å². The van der Waals surface area contributed by atoms with Crippen LogP contribution in [0.5, 0.6) is 0 Å². The number of thiocarbonyl (C=S) groups is 1. The van der Waals surface area contributed by atoms with Crippen LogP contribution in [0.25, 0.3) is 0 Å². The maximum absolute atomic E-state index is 11.6. The molecule has 1 amide bonds. The smallest absolute Gasteiger partial charge is 0.293 e. The van der Waals surface area contributed by atoms with E-state index in [0.717, 1.165) is 6.42 Å². The average Bonchev–Trinajstić information content (AvgIpc) is 2.71. The van der Waals surface area contributed by atoms with Gasteiger partial charge in [0.05, 0.1) is 0 Å². The second-order valence-corrected chi connectivity index (χ2v) is 4.35. The molecule has 17 heavy (non-hydrogen) atoms. The van der Waals surface area contributed by atoms with Gasteiger partial charge in [-0.2, -0.15) is 0 Å². The van der Waals surface area contributed by atoms with Gasteiger partial charge in [0.25, 0.3) is 5.91 Å². The maximum atomic E-state index is 11.6. The predicted octanol–water partition coefficient (Wildman–Crippen LogP) is 1.68. The van der Waals surface area contributed by atoms with Crippen LogP contribution in [0.2, 0.25) is 0 Å². The number of amides is 1. The molecule has 0 aromatic carbocycles. The van der Waals surface area contributed by atoms with Crippen molar-refractivity contribution in [3.63, 3.8) is 0 Å². The third-order valence-corrected chi connectivity index (χ3v) is 2.51. The highest BCUT2D eigenvalue weighted by atomic mass is 79.9. The second-order valence-electron chi connectivity index (χ2n) is 3.16. The maximum Gasteiger partial charge on any atom is 0.293 e. The van der Waals surface area contributed by atoms with E-state index in [0.29, 0.717) is 17.8 Å². The Morgan fingerprint density at radius 3 is 2.94 bits per heavy atom. The van der Waals surface area contributed by atoms with Gasteiger partial charge < -0.3 is 14.5 Å². The first-order valence-electron chi connectivity index (χ1n) is 4.97. The van der Waals surface area contributed by atoms with Crippen LogP contribution < -0.4 is 10.6 Å². The lowest BCUT2D eigenvalue weighted by atomic mass is 10.4. The highest BCUT2D eigenvalue weighted by Gasteiger charge is 2.11. The fraction of sp³-hybridized carbons (Fsp3) is 0.400. The van der Waals surface area contributed by atoms with Gasteiger partial charge >= 0.3 is 0 Å². The lowest BCUT2D eigenvalue weighted by Gasteiger charge is -2.07. The normalized spacial score (nSPS) is 10.0. The van der Waals surface area contributed by atoms with E-state index in [2.05, 4.69) is 26.6 Å². The molecule has 1 aromatic rings. The summed E-state index contributed by atoms with van der Waals surface area (Å²) in [6.07, 6.45) is 0.818. The molecule has 0 saturated heterocycles. The number of furan rings is 1. The van der Waals surface area contributed by atoms with Crippen LogP contribution >= 0.6 is 28.1 Å². The van der Waals surface area contributed by atoms with E-state index in [9.17, 15) is 4.79 Å². The minimum absolute atomic E-state index is 0.206. The quantitative estimate of drug-likeness (QED) is 0.638. The number of carbonyl (C=O) groups is 1. The number of halogens is 1. The molecule has 0 aliphatic heterocycles. The predicted molar refractivity (Wildman–Crippen MR) is 71.0 cm³/mol. The summed E-state index contributed by atoms with van der Waals surface area (Å²) in [4.78, 5) is 11.6. The van der Waals surface area contributed by atoms with E-state index < -0.39 is 0 Å². The standard InChI is InChI=1S/C10H13BrN2O3S/c1-15-6-2-5-12-10(17)13-9(14)7-3-4-8(11)16-7/h3-4H,2,5-6H2,1H3,(H2,12,13,14,17). The Labute approximate surface area is 113 Å². The molecule has 1 rings (SSSR count). The van der Waals surface area contributed by atoms with Crippen molar-refractivity contribution in [2.24, 2.45) is 0 Å². The van der Waals surface area contributed by atoms with Crippen LogP contribution in [0.4, 0.5) is 0 Å². The van der Waals surface area contributed by atoms with Crippen LogP contribution in [0, 0.1) is 0 Å². The first kappa shape index (κ1) is 14.1. The van der Waals surface area contributed by atoms with Crippen molar-refractivity contribution >= 4 is 39.2 Å². The Morgan fingerprint density at radius 1 is 1.59 bits per heavy atom. The molecular formula is C10H13BrN2O3S. The van der Waals surface area contributed by atoms with E-state index in [-0.39, 0.29) is 16.8 Å². The second kappa shape index (κ2) is 7.41. The molecule has 1 heterocycles. The molecule has 94 valence electrons. The van der Waals surface area contributed by atoms with Crippen LogP contribution in [0.15, 0.2) is 21.2 Å². The van der Waals surface area contributed by atoms with Crippen molar-refractivity contribution in [2.75, 3.05) is 20.3 Å². The van der Waals surface area contributed by atoms with Crippen molar-refractivity contribution in [1.29, 1.82) is 0 Å². The number of hydrogen-bond acceptors (Lipinski definition) is 4. The zero-order chi connectivity index (χ0) is 12.7. The van der Waals surface area contributed by atoms with Crippen molar-refractivity contribution < 1.29 is 13.9 Å². The molecule has 0 spiro atoms. The number of rotatable bonds is 5. The molecule has 1 aromatic heterocycles. The molecule has 0 aliphatic carbocycles. The van der Waals surface area contributed by atoms with E-state index in [1.54, 1.807) is 19.2 Å². The summed E-state index contributed by atoms with van der Waals surface area (Å²) in [5.74, 6) is -0.169. The van der Waals surface area contributed by atoms with E-state index >= 15 is 0 Å². The summed E-state index contributed by atoms with van der Waals surface area (Å²) < 4.78 is 10.5. The molecule has 5 nitrogen and oxygen atoms in total. The van der Waals surface area contributed by atoms with Crippen LogP contribution in [-0.4, -0.2) is 31.3 Å². The Kier molecular flexibility index (Phi) is 6.17. The summed E-state index contributed by atoms with van der Waals surface area (Å²) in [7, 11) is 1.63. The summed E-state index contributed by atoms with van der Waals surface area (Å²) in [6.45, 7) is 1.30. The highest BCUT2D eigenvalue weighted by molar-refractivity contribution is 9.10. The molecule has 0 saturated carbocycles. The van der Waals surface area contributed by atoms with Crippen molar-refractivity contribution in [2.45, 2.75) is 6.42 Å².